The number of likely N-dealkylation sites (tertiary alicyclic amines) is 1. The Morgan fingerprint density at radius 3 is 2.59 bits per heavy atom. The fourth-order valence-corrected chi connectivity index (χ4v) is 7.77. The van der Waals surface area contributed by atoms with E-state index in [1.54, 1.807) is 32.8 Å². The van der Waals surface area contributed by atoms with Crippen LogP contribution in [0.5, 0.6) is 0 Å². The predicted octanol–water partition coefficient (Wildman–Crippen LogP) is -0.499. The molecule has 0 unspecified atom stereocenters. The number of nitro groups is 1. The van der Waals surface area contributed by atoms with Crippen LogP contribution in [0.1, 0.15) is 25.8 Å². The zero-order valence-corrected chi connectivity index (χ0v) is 24.8. The topological polar surface area (TPSA) is 205 Å². The highest BCUT2D eigenvalue weighted by molar-refractivity contribution is 8.03. The van der Waals surface area contributed by atoms with Crippen molar-refractivity contribution in [2.75, 3.05) is 6.54 Å². The van der Waals surface area contributed by atoms with E-state index in [-0.39, 0.29) is 48.3 Å². The minimum atomic E-state index is -1.47. The van der Waals surface area contributed by atoms with E-state index in [1.165, 1.54) is 47.9 Å². The molecule has 4 heterocycles. The molecule has 0 bridgehead atoms. The van der Waals surface area contributed by atoms with Crippen LogP contribution in [0.15, 0.2) is 53.6 Å². The second-order valence-electron chi connectivity index (χ2n) is 11.3. The summed E-state index contributed by atoms with van der Waals surface area (Å²) in [5.74, 6) is -3.50. The Labute approximate surface area is 256 Å². The Kier molecular flexibility index (Phi) is 8.65. The zero-order chi connectivity index (χ0) is 31.9. The highest BCUT2D eigenvalue weighted by atomic mass is 32.2. The molecule has 44 heavy (non-hydrogen) atoms. The van der Waals surface area contributed by atoms with Crippen LogP contribution in [0, 0.1) is 22.0 Å². The number of thioether (sulfide) groups is 1. The molecule has 234 valence electrons. The third-order valence-electron chi connectivity index (χ3n) is 8.22. The normalized spacial score (nSPS) is 25.1. The molecule has 6 atom stereocenters. The lowest BCUT2D eigenvalue weighted by Crippen LogP contribution is -2.64. The van der Waals surface area contributed by atoms with Crippen molar-refractivity contribution in [3.63, 3.8) is 0 Å². The van der Waals surface area contributed by atoms with Crippen molar-refractivity contribution in [2.24, 2.45) is 17.6 Å². The van der Waals surface area contributed by atoms with E-state index in [2.05, 4.69) is 0 Å². The summed E-state index contributed by atoms with van der Waals surface area (Å²) < 4.78 is 8.98. The van der Waals surface area contributed by atoms with Crippen molar-refractivity contribution in [2.45, 2.75) is 63.4 Å². The molecule has 0 aliphatic carbocycles. The van der Waals surface area contributed by atoms with E-state index < -0.39 is 46.9 Å². The number of nitro benzene ring substituents is 1. The van der Waals surface area contributed by atoms with E-state index >= 15 is 0 Å². The van der Waals surface area contributed by atoms with Crippen molar-refractivity contribution >= 4 is 41.3 Å². The lowest BCUT2D eigenvalue weighted by molar-refractivity contribution is -0.683. The van der Waals surface area contributed by atoms with E-state index in [0.717, 1.165) is 0 Å². The number of primary amides is 1. The summed E-state index contributed by atoms with van der Waals surface area (Å²) in [6.45, 7) is 3.75. The smallest absolute Gasteiger partial charge is 0.410 e. The number of imidazole rings is 1. The molecule has 15 nitrogen and oxygen atoms in total. The van der Waals surface area contributed by atoms with Crippen molar-refractivity contribution in [3.8, 4) is 0 Å². The Morgan fingerprint density at radius 2 is 1.98 bits per heavy atom. The first-order valence-corrected chi connectivity index (χ1v) is 14.9. The van der Waals surface area contributed by atoms with Gasteiger partial charge in [-0.25, -0.2) is 13.9 Å². The number of β-lactam (4-membered cyclic amide) rings is 1. The summed E-state index contributed by atoms with van der Waals surface area (Å²) in [6, 6.07) is 4.79. The Balaban J connectivity index is 1.34. The number of hydrogen-bond donors (Lipinski definition) is 2. The van der Waals surface area contributed by atoms with Crippen LogP contribution in [0.2, 0.25) is 0 Å². The molecular formula is C28H32N6O9S. The molecule has 3 N–H and O–H groups in total. The van der Waals surface area contributed by atoms with Gasteiger partial charge in [-0.2, -0.15) is 0 Å². The molecule has 1 aromatic carbocycles. The summed E-state index contributed by atoms with van der Waals surface area (Å²) >= 11 is 1.28. The Hall–Kier alpha value is -4.44. The molecule has 3 amide bonds. The van der Waals surface area contributed by atoms with Gasteiger partial charge in [0.15, 0.2) is 6.54 Å². The fourth-order valence-electron chi connectivity index (χ4n) is 6.21. The molecule has 16 heteroatoms. The van der Waals surface area contributed by atoms with Gasteiger partial charge < -0.3 is 35.3 Å². The number of fused-ring (bicyclic) bond motifs is 1. The number of aliphatic hydroxyl groups is 1. The summed E-state index contributed by atoms with van der Waals surface area (Å²) in [7, 11) is 0. The first kappa shape index (κ1) is 31.0. The maximum Gasteiger partial charge on any atom is 0.410 e. The lowest BCUT2D eigenvalue weighted by atomic mass is 9.79. The average Bonchev–Trinajstić information content (AvgIpc) is 3.63. The van der Waals surface area contributed by atoms with Crippen LogP contribution < -0.4 is 15.4 Å². The molecular weight excluding hydrogens is 596 g/mol. The number of carbonyl (C=O) groups is 4. The Morgan fingerprint density at radius 1 is 1.27 bits per heavy atom. The SMILES string of the molecule is C[C@@H](O)[C@H]1C(=O)N2C(C(=O)[O-])=C(S[C@H]3C[C@@H](Cn4cc[n+](CC(N)=O)c4)N(C(=O)OCc4ccc([N+](=O)[O-])cc4)C3)[C@H](C)[C@H]12. The molecule has 0 saturated carbocycles. The quantitative estimate of drug-likeness (QED) is 0.141. The van der Waals surface area contributed by atoms with E-state index in [4.69, 9.17) is 10.5 Å². The van der Waals surface area contributed by atoms with Crippen LogP contribution >= 0.6 is 11.8 Å². The second kappa shape index (κ2) is 12.3. The third-order valence-corrected chi connectivity index (χ3v) is 9.72. The van der Waals surface area contributed by atoms with Crippen molar-refractivity contribution in [1.29, 1.82) is 0 Å². The van der Waals surface area contributed by atoms with Crippen molar-refractivity contribution in [1.82, 2.24) is 14.4 Å². The van der Waals surface area contributed by atoms with Gasteiger partial charge >= 0.3 is 6.09 Å². The molecule has 3 aliphatic heterocycles. The fraction of sp³-hybridized carbons (Fsp3) is 0.464. The third kappa shape index (κ3) is 5.99. The number of aliphatic hydroxyl groups excluding tert-OH is 1. The number of amides is 3. The van der Waals surface area contributed by atoms with E-state index in [1.807, 2.05) is 6.92 Å². The number of carboxylic acid groups (broad SMARTS) is 1. The number of carbonyl (C=O) groups excluding carboxylic acids is 4. The summed E-state index contributed by atoms with van der Waals surface area (Å²) in [5.41, 5.74) is 5.58. The average molecular weight is 629 g/mol. The lowest BCUT2D eigenvalue weighted by Gasteiger charge is -2.47. The number of aliphatic carboxylic acids is 1. The largest absolute Gasteiger partial charge is 0.543 e. The van der Waals surface area contributed by atoms with Crippen molar-refractivity contribution < 1.29 is 43.6 Å². The molecule has 3 aliphatic rings. The zero-order valence-electron chi connectivity index (χ0n) is 24.0. The molecule has 2 aromatic rings. The van der Waals surface area contributed by atoms with Gasteiger partial charge in [0, 0.05) is 34.8 Å². The minimum Gasteiger partial charge on any atom is -0.543 e. The maximum atomic E-state index is 13.4. The maximum absolute atomic E-state index is 13.4. The second-order valence-corrected chi connectivity index (χ2v) is 12.6. The number of nitrogens with zero attached hydrogens (tertiary/aromatic N) is 5. The number of ether oxygens (including phenoxy) is 1. The highest BCUT2D eigenvalue weighted by Crippen LogP contribution is 2.52. The number of aromatic nitrogens is 2. The number of hydrogen-bond acceptors (Lipinski definition) is 10. The monoisotopic (exact) mass is 628 g/mol. The van der Waals surface area contributed by atoms with Crippen LogP contribution in [-0.4, -0.2) is 78.3 Å². The molecule has 0 spiro atoms. The van der Waals surface area contributed by atoms with E-state index in [9.17, 15) is 39.5 Å². The first-order chi connectivity index (χ1) is 20.8. The summed E-state index contributed by atoms with van der Waals surface area (Å²) in [5, 5.41) is 33.0. The molecule has 1 aromatic heterocycles. The number of carboxylic acids is 1. The minimum absolute atomic E-state index is 0.0149. The van der Waals surface area contributed by atoms with E-state index in [0.29, 0.717) is 23.4 Å². The number of nitrogens with two attached hydrogens (primary N) is 1. The van der Waals surface area contributed by atoms with Gasteiger partial charge in [0.2, 0.25) is 12.2 Å². The van der Waals surface area contributed by atoms with Gasteiger partial charge in [-0.3, -0.25) is 19.7 Å². The summed E-state index contributed by atoms with van der Waals surface area (Å²) in [4.78, 5) is 63.3. The van der Waals surface area contributed by atoms with Crippen molar-refractivity contribution in [3.05, 3.63) is 69.3 Å². The molecule has 0 radical (unpaired) electrons. The highest BCUT2D eigenvalue weighted by Gasteiger charge is 2.59. The van der Waals surface area contributed by atoms with Crippen LogP contribution in [0.4, 0.5) is 10.5 Å². The number of non-ortho nitro benzene ring substituents is 1. The van der Waals surface area contributed by atoms with Gasteiger partial charge in [0.05, 0.1) is 40.7 Å². The van der Waals surface area contributed by atoms with Gasteiger partial charge in [0.1, 0.15) is 25.5 Å². The number of rotatable bonds is 11. The molecule has 5 rings (SSSR count). The van der Waals surface area contributed by atoms with Crippen LogP contribution in [-0.2, 0) is 38.8 Å². The Bertz CT molecular complexity index is 1520. The molecule has 2 saturated heterocycles. The van der Waals surface area contributed by atoms with Gasteiger partial charge in [0.25, 0.3) is 11.6 Å². The molecule has 2 fully saturated rings. The summed E-state index contributed by atoms with van der Waals surface area (Å²) in [6.07, 6.45) is 4.02. The van der Waals surface area contributed by atoms with Crippen LogP contribution in [0.3, 0.4) is 0 Å². The first-order valence-electron chi connectivity index (χ1n) is 14.0. The van der Waals surface area contributed by atoms with Gasteiger partial charge in [-0.15, -0.1) is 11.8 Å². The van der Waals surface area contributed by atoms with Gasteiger partial charge in [-0.1, -0.05) is 6.92 Å². The predicted molar refractivity (Wildman–Crippen MR) is 151 cm³/mol. The number of benzene rings is 1. The van der Waals surface area contributed by atoms with Gasteiger partial charge in [-0.05, 0) is 31.0 Å². The standard InChI is InChI=1S/C28H32N6O9S/c1-15-23-22(16(2)35)26(37)33(23)24(27(38)39)25(15)44-20-9-19(10-30-7-8-31(14-30)12-21(29)36)32(11-20)28(40)43-13-17-3-5-18(6-4-17)34(41)42/h3-8,14-16,19-20,22-23,35H,9-13H2,1-2H3,(H2-,29,36,38,39)/t15-,16-,19+,20+,22-,23-/m1/s1. The van der Waals surface area contributed by atoms with Crippen LogP contribution in [0.25, 0.3) is 0 Å².